The van der Waals surface area contributed by atoms with E-state index in [1.54, 1.807) is 0 Å². The van der Waals surface area contributed by atoms with Crippen LogP contribution in [-0.2, 0) is 4.79 Å². The van der Waals surface area contributed by atoms with Gasteiger partial charge in [-0.05, 0) is 33.1 Å². The number of piperidine rings is 1. The van der Waals surface area contributed by atoms with Gasteiger partial charge in [-0.2, -0.15) is 0 Å². The van der Waals surface area contributed by atoms with Crippen LogP contribution in [0.1, 0.15) is 39.5 Å². The molecule has 18 heavy (non-hydrogen) atoms. The van der Waals surface area contributed by atoms with E-state index < -0.39 is 0 Å². The number of nitrogens with one attached hydrogen (secondary N) is 1. The second kappa shape index (κ2) is 9.41. The summed E-state index contributed by atoms with van der Waals surface area (Å²) in [6.07, 6.45) is 4.06. The Balaban J connectivity index is 0.00000289. The first-order valence-corrected chi connectivity index (χ1v) is 6.44. The molecule has 1 heterocycles. The van der Waals surface area contributed by atoms with Crippen LogP contribution in [0.15, 0.2) is 4.99 Å². The van der Waals surface area contributed by atoms with Crippen molar-refractivity contribution in [2.45, 2.75) is 45.6 Å². The number of carbonyl (C=O) groups is 1. The lowest BCUT2D eigenvalue weighted by atomic mass is 10.1. The molecule has 0 radical (unpaired) electrons. The summed E-state index contributed by atoms with van der Waals surface area (Å²) < 4.78 is 0. The van der Waals surface area contributed by atoms with Gasteiger partial charge in [0.1, 0.15) is 0 Å². The molecule has 1 aliphatic rings. The summed E-state index contributed by atoms with van der Waals surface area (Å²) >= 11 is 0. The number of hydrogen-bond acceptors (Lipinski definition) is 2. The lowest BCUT2D eigenvalue weighted by molar-refractivity contribution is -0.121. The Labute approximate surface area is 127 Å². The van der Waals surface area contributed by atoms with Crippen molar-refractivity contribution in [1.82, 2.24) is 10.2 Å². The molecule has 5 nitrogen and oxygen atoms in total. The Bertz CT molecular complexity index is 275. The van der Waals surface area contributed by atoms with E-state index in [1.807, 2.05) is 13.8 Å². The van der Waals surface area contributed by atoms with E-state index in [1.165, 1.54) is 19.3 Å². The van der Waals surface area contributed by atoms with E-state index >= 15 is 0 Å². The summed E-state index contributed by atoms with van der Waals surface area (Å²) in [5.74, 6) is 0.622. The molecule has 0 spiro atoms. The number of nitrogens with zero attached hydrogens (tertiary/aromatic N) is 2. The average Bonchev–Trinajstić information content (AvgIpc) is 2.29. The van der Waals surface area contributed by atoms with Gasteiger partial charge in [0.25, 0.3) is 0 Å². The van der Waals surface area contributed by atoms with Crippen molar-refractivity contribution in [3.8, 4) is 0 Å². The standard InChI is InChI=1S/C12H24N4O.HI/c1-10(2)15-11(17)6-7-14-12(13)16-8-4-3-5-9-16;/h10H,3-9H2,1-2H3,(H2,13,14)(H,15,17);1H. The predicted molar refractivity (Wildman–Crippen MR) is 85.2 cm³/mol. The second-order valence-corrected chi connectivity index (χ2v) is 4.76. The first kappa shape index (κ1) is 17.5. The molecule has 1 rings (SSSR count). The van der Waals surface area contributed by atoms with Crippen LogP contribution < -0.4 is 11.1 Å². The summed E-state index contributed by atoms with van der Waals surface area (Å²) in [5, 5.41) is 2.83. The zero-order valence-electron chi connectivity index (χ0n) is 11.3. The molecule has 0 aliphatic carbocycles. The number of carbonyl (C=O) groups excluding carboxylic acids is 1. The van der Waals surface area contributed by atoms with Crippen molar-refractivity contribution in [1.29, 1.82) is 0 Å². The maximum absolute atomic E-state index is 11.4. The van der Waals surface area contributed by atoms with Gasteiger partial charge in [-0.25, -0.2) is 0 Å². The molecule has 0 saturated carbocycles. The third kappa shape index (κ3) is 7.03. The van der Waals surface area contributed by atoms with E-state index in [9.17, 15) is 4.79 Å². The van der Waals surface area contributed by atoms with E-state index in [0.717, 1.165) is 13.1 Å². The predicted octanol–water partition coefficient (Wildman–Crippen LogP) is 1.32. The van der Waals surface area contributed by atoms with Crippen LogP contribution in [0.25, 0.3) is 0 Å². The smallest absolute Gasteiger partial charge is 0.222 e. The van der Waals surface area contributed by atoms with E-state index in [2.05, 4.69) is 15.2 Å². The fourth-order valence-corrected chi connectivity index (χ4v) is 1.89. The van der Waals surface area contributed by atoms with Crippen LogP contribution in [0.2, 0.25) is 0 Å². The molecule has 1 amide bonds. The molecular weight excluding hydrogens is 343 g/mol. The highest BCUT2D eigenvalue weighted by atomic mass is 127. The lowest BCUT2D eigenvalue weighted by Crippen LogP contribution is -2.41. The number of likely N-dealkylation sites (tertiary alicyclic amines) is 1. The van der Waals surface area contributed by atoms with Gasteiger partial charge < -0.3 is 16.0 Å². The summed E-state index contributed by atoms with van der Waals surface area (Å²) in [7, 11) is 0. The lowest BCUT2D eigenvalue weighted by Gasteiger charge is -2.27. The van der Waals surface area contributed by atoms with Crippen LogP contribution in [-0.4, -0.2) is 42.4 Å². The highest BCUT2D eigenvalue weighted by molar-refractivity contribution is 14.0. The number of aliphatic imine (C=N–C) groups is 1. The maximum atomic E-state index is 11.4. The minimum atomic E-state index is 0. The van der Waals surface area contributed by atoms with Crippen LogP contribution in [0.3, 0.4) is 0 Å². The minimum Gasteiger partial charge on any atom is -0.370 e. The number of hydrogen-bond donors (Lipinski definition) is 2. The van der Waals surface area contributed by atoms with Gasteiger partial charge in [-0.1, -0.05) is 0 Å². The van der Waals surface area contributed by atoms with E-state index in [-0.39, 0.29) is 35.9 Å². The van der Waals surface area contributed by atoms with Gasteiger partial charge >= 0.3 is 0 Å². The highest BCUT2D eigenvalue weighted by Crippen LogP contribution is 2.07. The molecule has 0 bridgehead atoms. The van der Waals surface area contributed by atoms with Crippen molar-refractivity contribution < 1.29 is 4.79 Å². The monoisotopic (exact) mass is 368 g/mol. The fourth-order valence-electron chi connectivity index (χ4n) is 1.89. The largest absolute Gasteiger partial charge is 0.370 e. The number of amides is 1. The Morgan fingerprint density at radius 2 is 1.94 bits per heavy atom. The van der Waals surface area contributed by atoms with Crippen molar-refractivity contribution in [2.24, 2.45) is 10.7 Å². The van der Waals surface area contributed by atoms with Crippen molar-refractivity contribution in [3.05, 3.63) is 0 Å². The zero-order chi connectivity index (χ0) is 12.7. The highest BCUT2D eigenvalue weighted by Gasteiger charge is 2.11. The topological polar surface area (TPSA) is 70.7 Å². The summed E-state index contributed by atoms with van der Waals surface area (Å²) in [6, 6.07) is 0.186. The van der Waals surface area contributed by atoms with Gasteiger partial charge in [-0.3, -0.25) is 9.79 Å². The molecular formula is C12H25IN4O. The molecule has 1 aliphatic heterocycles. The molecule has 0 atom stereocenters. The molecule has 0 aromatic heterocycles. The minimum absolute atomic E-state index is 0. The molecule has 3 N–H and O–H groups in total. The Morgan fingerprint density at radius 3 is 2.50 bits per heavy atom. The molecule has 1 saturated heterocycles. The van der Waals surface area contributed by atoms with Crippen molar-refractivity contribution in [2.75, 3.05) is 19.6 Å². The third-order valence-corrected chi connectivity index (χ3v) is 2.74. The SMILES string of the molecule is CC(C)NC(=O)CCN=C(N)N1CCCCC1.I. The third-order valence-electron chi connectivity index (χ3n) is 2.74. The molecule has 0 unspecified atom stereocenters. The fraction of sp³-hybridized carbons (Fsp3) is 0.833. The quantitative estimate of drug-likeness (QED) is 0.447. The number of rotatable bonds is 4. The first-order valence-electron chi connectivity index (χ1n) is 6.44. The summed E-state index contributed by atoms with van der Waals surface area (Å²) in [5.41, 5.74) is 5.88. The van der Waals surface area contributed by atoms with Gasteiger partial charge in [-0.15, -0.1) is 24.0 Å². The molecule has 106 valence electrons. The Hall–Kier alpha value is -0.530. The van der Waals surface area contributed by atoms with Crippen molar-refractivity contribution in [3.63, 3.8) is 0 Å². The van der Waals surface area contributed by atoms with Crippen LogP contribution in [0.4, 0.5) is 0 Å². The Morgan fingerprint density at radius 1 is 1.33 bits per heavy atom. The van der Waals surface area contributed by atoms with Gasteiger partial charge in [0, 0.05) is 25.6 Å². The molecule has 6 heteroatoms. The van der Waals surface area contributed by atoms with Crippen LogP contribution >= 0.6 is 24.0 Å². The summed E-state index contributed by atoms with van der Waals surface area (Å²) in [6.45, 7) is 6.36. The van der Waals surface area contributed by atoms with Gasteiger partial charge in [0.05, 0.1) is 6.54 Å². The van der Waals surface area contributed by atoms with E-state index in [0.29, 0.717) is 18.9 Å². The van der Waals surface area contributed by atoms with E-state index in [4.69, 9.17) is 5.73 Å². The maximum Gasteiger partial charge on any atom is 0.222 e. The van der Waals surface area contributed by atoms with Crippen molar-refractivity contribution >= 4 is 35.8 Å². The second-order valence-electron chi connectivity index (χ2n) is 4.76. The summed E-state index contributed by atoms with van der Waals surface area (Å²) in [4.78, 5) is 17.7. The van der Waals surface area contributed by atoms with Gasteiger partial charge in [0.2, 0.25) is 5.91 Å². The number of guanidine groups is 1. The normalized spacial score (nSPS) is 16.4. The first-order chi connectivity index (χ1) is 8.09. The number of halogens is 1. The molecule has 0 aromatic carbocycles. The Kier molecular flexibility index (Phi) is 9.13. The van der Waals surface area contributed by atoms with Gasteiger partial charge in [0.15, 0.2) is 5.96 Å². The number of nitrogens with two attached hydrogens (primary N) is 1. The molecule has 0 aromatic rings. The zero-order valence-corrected chi connectivity index (χ0v) is 13.6. The van der Waals surface area contributed by atoms with Crippen LogP contribution in [0, 0.1) is 0 Å². The van der Waals surface area contributed by atoms with Crippen LogP contribution in [0.5, 0.6) is 0 Å². The molecule has 1 fully saturated rings. The average molecular weight is 368 g/mol.